The summed E-state index contributed by atoms with van der Waals surface area (Å²) in [5.74, 6) is 0.871. The van der Waals surface area contributed by atoms with E-state index in [1.54, 1.807) is 7.05 Å². The topological polar surface area (TPSA) is 88.4 Å². The van der Waals surface area contributed by atoms with Gasteiger partial charge in [-0.25, -0.2) is 8.42 Å². The second-order valence-electron chi connectivity index (χ2n) is 5.97. The first-order valence-corrected chi connectivity index (χ1v) is 9.93. The lowest BCUT2D eigenvalue weighted by Crippen LogP contribution is -2.43. The van der Waals surface area contributed by atoms with Gasteiger partial charge in [0, 0.05) is 38.1 Å². The van der Waals surface area contributed by atoms with Gasteiger partial charge in [-0.15, -0.1) is 0 Å². The Morgan fingerprint density at radius 3 is 2.65 bits per heavy atom. The molecule has 23 heavy (non-hydrogen) atoms. The standard InChI is InChI=1S/C15H29N5O2S/c1-12(7-10-23(5,21)22)18-15(16-4)17-8-6-9-20-14(3)11-13(2)19-20/h11-12H,6-10H2,1-5H3,(H2,16,17,18). The van der Waals surface area contributed by atoms with Crippen molar-refractivity contribution >= 4 is 15.8 Å². The van der Waals surface area contributed by atoms with Crippen LogP contribution in [0.5, 0.6) is 0 Å². The third kappa shape index (κ3) is 8.01. The molecule has 7 nitrogen and oxygen atoms in total. The van der Waals surface area contributed by atoms with Gasteiger partial charge in [0.15, 0.2) is 5.96 Å². The van der Waals surface area contributed by atoms with Gasteiger partial charge in [-0.3, -0.25) is 9.67 Å². The number of hydrogen-bond acceptors (Lipinski definition) is 4. The van der Waals surface area contributed by atoms with Crippen LogP contribution in [0.4, 0.5) is 0 Å². The maximum absolute atomic E-state index is 11.2. The van der Waals surface area contributed by atoms with E-state index in [-0.39, 0.29) is 11.8 Å². The van der Waals surface area contributed by atoms with Gasteiger partial charge in [0.2, 0.25) is 0 Å². The highest BCUT2D eigenvalue weighted by molar-refractivity contribution is 7.90. The summed E-state index contributed by atoms with van der Waals surface area (Å²) in [6.07, 6.45) is 2.75. The summed E-state index contributed by atoms with van der Waals surface area (Å²) in [5, 5.41) is 10.9. The smallest absolute Gasteiger partial charge is 0.191 e. The Morgan fingerprint density at radius 1 is 1.43 bits per heavy atom. The zero-order valence-electron chi connectivity index (χ0n) is 14.8. The number of aliphatic imine (C=N–C) groups is 1. The fraction of sp³-hybridized carbons (Fsp3) is 0.733. The summed E-state index contributed by atoms with van der Waals surface area (Å²) in [7, 11) is -1.22. The molecule has 0 amide bonds. The van der Waals surface area contributed by atoms with Crippen LogP contribution in [0.1, 0.15) is 31.2 Å². The quantitative estimate of drug-likeness (QED) is 0.415. The van der Waals surface area contributed by atoms with Crippen LogP contribution in [0, 0.1) is 13.8 Å². The molecule has 2 N–H and O–H groups in total. The van der Waals surface area contributed by atoms with Gasteiger partial charge in [-0.05, 0) is 39.7 Å². The minimum Gasteiger partial charge on any atom is -0.356 e. The first kappa shape index (κ1) is 19.5. The molecule has 132 valence electrons. The van der Waals surface area contributed by atoms with Gasteiger partial charge in [0.25, 0.3) is 0 Å². The van der Waals surface area contributed by atoms with Gasteiger partial charge in [-0.1, -0.05) is 0 Å². The molecule has 0 aliphatic rings. The summed E-state index contributed by atoms with van der Waals surface area (Å²) in [4.78, 5) is 4.16. The van der Waals surface area contributed by atoms with E-state index in [2.05, 4.69) is 33.7 Å². The van der Waals surface area contributed by atoms with Crippen LogP contribution in [0.25, 0.3) is 0 Å². The molecule has 0 fully saturated rings. The molecule has 0 bridgehead atoms. The molecule has 8 heteroatoms. The van der Waals surface area contributed by atoms with Crippen LogP contribution in [0.3, 0.4) is 0 Å². The number of sulfone groups is 1. The third-order valence-corrected chi connectivity index (χ3v) is 4.45. The molecule has 1 heterocycles. The molecule has 0 aromatic carbocycles. The Morgan fingerprint density at radius 2 is 2.13 bits per heavy atom. The fourth-order valence-electron chi connectivity index (χ4n) is 2.23. The van der Waals surface area contributed by atoms with Gasteiger partial charge >= 0.3 is 0 Å². The first-order chi connectivity index (χ1) is 10.7. The van der Waals surface area contributed by atoms with Gasteiger partial charge in [-0.2, -0.15) is 5.10 Å². The summed E-state index contributed by atoms with van der Waals surface area (Å²) >= 11 is 0. The number of nitrogens with one attached hydrogen (secondary N) is 2. The minimum absolute atomic E-state index is 0.0481. The van der Waals surface area contributed by atoms with E-state index in [0.29, 0.717) is 12.4 Å². The molecule has 1 atom stereocenters. The van der Waals surface area contributed by atoms with Crippen molar-refractivity contribution in [3.63, 3.8) is 0 Å². The van der Waals surface area contributed by atoms with Crippen molar-refractivity contribution in [1.82, 2.24) is 20.4 Å². The highest BCUT2D eigenvalue weighted by Crippen LogP contribution is 2.02. The summed E-state index contributed by atoms with van der Waals surface area (Å²) in [6, 6.07) is 2.11. The molecule has 1 rings (SSSR count). The molecule has 0 radical (unpaired) electrons. The van der Waals surface area contributed by atoms with E-state index in [4.69, 9.17) is 0 Å². The summed E-state index contributed by atoms with van der Waals surface area (Å²) < 4.78 is 24.4. The van der Waals surface area contributed by atoms with Crippen molar-refractivity contribution in [2.24, 2.45) is 4.99 Å². The van der Waals surface area contributed by atoms with Crippen molar-refractivity contribution in [2.45, 2.75) is 46.2 Å². The zero-order valence-corrected chi connectivity index (χ0v) is 15.6. The predicted molar refractivity (Wildman–Crippen MR) is 94.6 cm³/mol. The Kier molecular flexibility index (Phi) is 7.54. The molecule has 0 saturated heterocycles. The lowest BCUT2D eigenvalue weighted by molar-refractivity contribution is 0.549. The molecule has 1 aromatic rings. The van der Waals surface area contributed by atoms with Crippen molar-refractivity contribution in [3.05, 3.63) is 17.5 Å². The number of guanidine groups is 1. The molecule has 1 aromatic heterocycles. The lowest BCUT2D eigenvalue weighted by Gasteiger charge is -2.17. The van der Waals surface area contributed by atoms with E-state index < -0.39 is 9.84 Å². The van der Waals surface area contributed by atoms with Crippen molar-refractivity contribution < 1.29 is 8.42 Å². The van der Waals surface area contributed by atoms with E-state index >= 15 is 0 Å². The number of aromatic nitrogens is 2. The second-order valence-corrected chi connectivity index (χ2v) is 8.23. The number of aryl methyl sites for hydroxylation is 3. The largest absolute Gasteiger partial charge is 0.356 e. The van der Waals surface area contributed by atoms with Crippen LogP contribution in [-0.2, 0) is 16.4 Å². The molecule has 0 aliphatic carbocycles. The highest BCUT2D eigenvalue weighted by atomic mass is 32.2. The number of rotatable bonds is 8. The molecule has 0 aliphatic heterocycles. The van der Waals surface area contributed by atoms with E-state index in [9.17, 15) is 8.42 Å². The summed E-state index contributed by atoms with van der Waals surface area (Å²) in [6.45, 7) is 7.63. The fourth-order valence-corrected chi connectivity index (χ4v) is 3.01. The lowest BCUT2D eigenvalue weighted by atomic mass is 10.3. The Balaban J connectivity index is 2.30. The summed E-state index contributed by atoms with van der Waals surface area (Å²) in [5.41, 5.74) is 2.20. The average molecular weight is 343 g/mol. The molecular formula is C15H29N5O2S. The number of hydrogen-bond donors (Lipinski definition) is 2. The van der Waals surface area contributed by atoms with Crippen LogP contribution in [-0.4, -0.2) is 55.8 Å². The Labute approximate surface area is 139 Å². The molecular weight excluding hydrogens is 314 g/mol. The van der Waals surface area contributed by atoms with Crippen molar-refractivity contribution in [2.75, 3.05) is 25.6 Å². The third-order valence-electron chi connectivity index (χ3n) is 3.47. The monoisotopic (exact) mass is 343 g/mol. The van der Waals surface area contributed by atoms with Crippen LogP contribution >= 0.6 is 0 Å². The molecule has 0 spiro atoms. The highest BCUT2D eigenvalue weighted by Gasteiger charge is 2.09. The SMILES string of the molecule is CN=C(NCCCn1nc(C)cc1C)NC(C)CCS(C)(=O)=O. The van der Waals surface area contributed by atoms with Gasteiger partial charge in [0.05, 0.1) is 11.4 Å². The predicted octanol–water partition coefficient (Wildman–Crippen LogP) is 0.878. The normalized spacial score (nSPS) is 13.9. The van der Waals surface area contributed by atoms with Gasteiger partial charge in [0.1, 0.15) is 9.84 Å². The van der Waals surface area contributed by atoms with Crippen molar-refractivity contribution in [1.29, 1.82) is 0 Å². The maximum atomic E-state index is 11.2. The van der Waals surface area contributed by atoms with Crippen molar-refractivity contribution in [3.8, 4) is 0 Å². The Bertz CT molecular complexity index is 622. The van der Waals surface area contributed by atoms with E-state index in [1.165, 1.54) is 11.9 Å². The molecule has 1 unspecified atom stereocenters. The average Bonchev–Trinajstić information content (AvgIpc) is 2.77. The zero-order chi connectivity index (χ0) is 17.5. The van der Waals surface area contributed by atoms with E-state index in [1.807, 2.05) is 18.5 Å². The first-order valence-electron chi connectivity index (χ1n) is 7.87. The minimum atomic E-state index is -2.93. The van der Waals surface area contributed by atoms with Crippen LogP contribution < -0.4 is 10.6 Å². The number of nitrogens with zero attached hydrogens (tertiary/aromatic N) is 3. The van der Waals surface area contributed by atoms with E-state index in [0.717, 1.165) is 25.2 Å². The van der Waals surface area contributed by atoms with Gasteiger partial charge < -0.3 is 10.6 Å². The molecule has 0 saturated carbocycles. The maximum Gasteiger partial charge on any atom is 0.191 e. The Hall–Kier alpha value is -1.57. The second kappa shape index (κ2) is 8.90. The van der Waals surface area contributed by atoms with Crippen LogP contribution in [0.15, 0.2) is 11.1 Å². The van der Waals surface area contributed by atoms with Crippen LogP contribution in [0.2, 0.25) is 0 Å².